The third-order valence-corrected chi connectivity index (χ3v) is 2.96. The predicted octanol–water partition coefficient (Wildman–Crippen LogP) is 3.12. The van der Waals surface area contributed by atoms with Gasteiger partial charge in [0.15, 0.2) is 0 Å². The summed E-state index contributed by atoms with van der Waals surface area (Å²) in [6, 6.07) is 9.26. The van der Waals surface area contributed by atoms with Crippen LogP contribution in [0, 0.1) is 0 Å². The number of hydrogen-bond acceptors (Lipinski definition) is 2. The summed E-state index contributed by atoms with van der Waals surface area (Å²) in [5.74, 6) is 0.272. The summed E-state index contributed by atoms with van der Waals surface area (Å²) in [5.41, 5.74) is 0.790. The Kier molecular flexibility index (Phi) is 3.32. The van der Waals surface area contributed by atoms with Crippen molar-refractivity contribution < 1.29 is 10.2 Å². The van der Waals surface area contributed by atoms with E-state index in [2.05, 4.69) is 0 Å². The van der Waals surface area contributed by atoms with Crippen LogP contribution in [0.4, 0.5) is 0 Å². The van der Waals surface area contributed by atoms with E-state index < -0.39 is 0 Å². The first-order valence-corrected chi connectivity index (χ1v) is 5.62. The van der Waals surface area contributed by atoms with E-state index in [1.807, 2.05) is 24.3 Å². The molecule has 0 aliphatic carbocycles. The molecule has 0 saturated heterocycles. The predicted molar refractivity (Wildman–Crippen MR) is 66.0 cm³/mol. The molecule has 16 heavy (non-hydrogen) atoms. The molecule has 0 fully saturated rings. The number of aromatic hydroxyl groups is 1. The number of phenolic OH excluding ortho intramolecular Hbond substituents is 1. The lowest BCUT2D eigenvalue weighted by molar-refractivity contribution is 0.288. The molecule has 0 aliphatic heterocycles. The summed E-state index contributed by atoms with van der Waals surface area (Å²) >= 11 is 6.14. The largest absolute Gasteiger partial charge is 0.507 e. The zero-order valence-electron chi connectivity index (χ0n) is 8.78. The highest BCUT2D eigenvalue weighted by Gasteiger charge is 2.09. The van der Waals surface area contributed by atoms with Crippen LogP contribution < -0.4 is 0 Å². The number of fused-ring (bicyclic) bond motifs is 1. The van der Waals surface area contributed by atoms with Crippen molar-refractivity contribution in [3.05, 3.63) is 40.9 Å². The Balaban J connectivity index is 2.56. The van der Waals surface area contributed by atoms with Crippen LogP contribution in [0.15, 0.2) is 30.3 Å². The van der Waals surface area contributed by atoms with Crippen LogP contribution >= 0.6 is 11.6 Å². The molecule has 0 bridgehead atoms. The lowest BCUT2D eigenvalue weighted by atomic mass is 10.0. The SMILES string of the molecule is OCCCc1cc(Cl)c2ccccc2c1O. The van der Waals surface area contributed by atoms with Gasteiger partial charge < -0.3 is 10.2 Å². The van der Waals surface area contributed by atoms with Gasteiger partial charge in [0.2, 0.25) is 0 Å². The van der Waals surface area contributed by atoms with Crippen LogP contribution in [0.3, 0.4) is 0 Å². The van der Waals surface area contributed by atoms with E-state index >= 15 is 0 Å². The number of rotatable bonds is 3. The minimum Gasteiger partial charge on any atom is -0.507 e. The highest BCUT2D eigenvalue weighted by atomic mass is 35.5. The van der Waals surface area contributed by atoms with Crippen molar-refractivity contribution in [1.82, 2.24) is 0 Å². The highest BCUT2D eigenvalue weighted by Crippen LogP contribution is 2.34. The van der Waals surface area contributed by atoms with Gasteiger partial charge in [-0.3, -0.25) is 0 Å². The molecule has 0 saturated carbocycles. The maximum Gasteiger partial charge on any atom is 0.126 e. The van der Waals surface area contributed by atoms with E-state index in [9.17, 15) is 5.11 Å². The first-order valence-electron chi connectivity index (χ1n) is 5.24. The molecule has 0 spiro atoms. The fourth-order valence-electron chi connectivity index (χ4n) is 1.83. The normalized spacial score (nSPS) is 10.9. The molecule has 0 amide bonds. The first kappa shape index (κ1) is 11.2. The average molecular weight is 237 g/mol. The lowest BCUT2D eigenvalue weighted by Crippen LogP contribution is -1.91. The Morgan fingerprint density at radius 2 is 1.81 bits per heavy atom. The number of phenols is 1. The van der Waals surface area contributed by atoms with Gasteiger partial charge in [-0.1, -0.05) is 35.9 Å². The molecule has 2 rings (SSSR count). The average Bonchev–Trinajstić information content (AvgIpc) is 2.32. The zero-order chi connectivity index (χ0) is 11.5. The molecule has 0 heterocycles. The molecular weight excluding hydrogens is 224 g/mol. The lowest BCUT2D eigenvalue weighted by Gasteiger charge is -2.09. The van der Waals surface area contributed by atoms with E-state index in [4.69, 9.17) is 16.7 Å². The van der Waals surface area contributed by atoms with Gasteiger partial charge in [0, 0.05) is 22.4 Å². The Bertz CT molecular complexity index is 509. The topological polar surface area (TPSA) is 40.5 Å². The molecule has 0 aromatic heterocycles. The van der Waals surface area contributed by atoms with Crippen molar-refractivity contribution in [3.63, 3.8) is 0 Å². The van der Waals surface area contributed by atoms with E-state index in [0.717, 1.165) is 16.3 Å². The molecule has 0 atom stereocenters. The maximum absolute atomic E-state index is 10.1. The highest BCUT2D eigenvalue weighted by molar-refractivity contribution is 6.35. The Morgan fingerprint density at radius 3 is 2.50 bits per heavy atom. The fourth-order valence-corrected chi connectivity index (χ4v) is 2.13. The van der Waals surface area contributed by atoms with Gasteiger partial charge >= 0.3 is 0 Å². The summed E-state index contributed by atoms with van der Waals surface area (Å²) in [7, 11) is 0. The van der Waals surface area contributed by atoms with Gasteiger partial charge in [-0.15, -0.1) is 0 Å². The molecule has 0 unspecified atom stereocenters. The molecule has 0 aliphatic rings. The molecule has 3 heteroatoms. The minimum atomic E-state index is 0.115. The molecule has 2 aromatic carbocycles. The van der Waals surface area contributed by atoms with Gasteiger partial charge in [-0.25, -0.2) is 0 Å². The van der Waals surface area contributed by atoms with E-state index in [1.165, 1.54) is 0 Å². The number of benzene rings is 2. The smallest absolute Gasteiger partial charge is 0.126 e. The van der Waals surface area contributed by atoms with Gasteiger partial charge in [0.1, 0.15) is 5.75 Å². The van der Waals surface area contributed by atoms with E-state index in [0.29, 0.717) is 17.9 Å². The van der Waals surface area contributed by atoms with Crippen LogP contribution in [0.2, 0.25) is 5.02 Å². The summed E-state index contributed by atoms with van der Waals surface area (Å²) in [6.07, 6.45) is 1.26. The van der Waals surface area contributed by atoms with Crippen LogP contribution in [0.5, 0.6) is 5.75 Å². The summed E-state index contributed by atoms with van der Waals surface area (Å²) in [5, 5.41) is 21.1. The second kappa shape index (κ2) is 4.73. The van der Waals surface area contributed by atoms with Crippen LogP contribution in [0.1, 0.15) is 12.0 Å². The van der Waals surface area contributed by atoms with Gasteiger partial charge in [0.05, 0.1) is 0 Å². The molecular formula is C13H13ClO2. The number of hydrogen-bond donors (Lipinski definition) is 2. The van der Waals surface area contributed by atoms with Crippen LogP contribution in [0.25, 0.3) is 10.8 Å². The molecule has 2 nitrogen and oxygen atoms in total. The van der Waals surface area contributed by atoms with Gasteiger partial charge in [0.25, 0.3) is 0 Å². The Morgan fingerprint density at radius 1 is 1.12 bits per heavy atom. The third kappa shape index (κ3) is 1.99. The Labute approximate surface area is 99.1 Å². The van der Waals surface area contributed by atoms with Crippen molar-refractivity contribution in [2.24, 2.45) is 0 Å². The minimum absolute atomic E-state index is 0.115. The number of aryl methyl sites for hydroxylation is 1. The van der Waals surface area contributed by atoms with E-state index in [1.54, 1.807) is 6.07 Å². The van der Waals surface area contributed by atoms with Crippen molar-refractivity contribution in [2.75, 3.05) is 6.61 Å². The number of halogens is 1. The fraction of sp³-hybridized carbons (Fsp3) is 0.231. The van der Waals surface area contributed by atoms with E-state index in [-0.39, 0.29) is 12.4 Å². The molecule has 0 radical (unpaired) electrons. The Hall–Kier alpha value is -1.25. The van der Waals surface area contributed by atoms with Crippen molar-refractivity contribution in [3.8, 4) is 5.75 Å². The van der Waals surface area contributed by atoms with Crippen LogP contribution in [-0.4, -0.2) is 16.8 Å². The summed E-state index contributed by atoms with van der Waals surface area (Å²) in [6.45, 7) is 0.115. The first-order chi connectivity index (χ1) is 7.74. The number of aliphatic hydroxyl groups excluding tert-OH is 1. The quantitative estimate of drug-likeness (QED) is 0.860. The monoisotopic (exact) mass is 236 g/mol. The molecule has 2 N–H and O–H groups in total. The van der Waals surface area contributed by atoms with Crippen molar-refractivity contribution >= 4 is 22.4 Å². The molecule has 84 valence electrons. The summed E-state index contributed by atoms with van der Waals surface area (Å²) < 4.78 is 0. The second-order valence-corrected chi connectivity index (χ2v) is 4.15. The second-order valence-electron chi connectivity index (χ2n) is 3.74. The van der Waals surface area contributed by atoms with Crippen molar-refractivity contribution in [1.29, 1.82) is 0 Å². The zero-order valence-corrected chi connectivity index (χ0v) is 9.54. The van der Waals surface area contributed by atoms with Gasteiger partial charge in [-0.2, -0.15) is 0 Å². The molecule has 2 aromatic rings. The number of aliphatic hydroxyl groups is 1. The maximum atomic E-state index is 10.1. The standard InChI is InChI=1S/C13H13ClO2/c14-12-8-9(4-3-7-15)13(16)11-6-2-1-5-10(11)12/h1-2,5-6,8,15-16H,3-4,7H2. The third-order valence-electron chi connectivity index (χ3n) is 2.65. The van der Waals surface area contributed by atoms with Gasteiger partial charge in [-0.05, 0) is 24.5 Å². The summed E-state index contributed by atoms with van der Waals surface area (Å²) in [4.78, 5) is 0. The van der Waals surface area contributed by atoms with Crippen molar-refractivity contribution in [2.45, 2.75) is 12.8 Å². The van der Waals surface area contributed by atoms with Crippen LogP contribution in [-0.2, 0) is 6.42 Å².